The minimum Gasteiger partial charge on any atom is -0.298 e. The second-order valence-corrected chi connectivity index (χ2v) is 4.70. The van der Waals surface area contributed by atoms with Crippen LogP contribution in [0, 0.1) is 0 Å². The zero-order valence-corrected chi connectivity index (χ0v) is 10.4. The van der Waals surface area contributed by atoms with Crippen LogP contribution in [0.15, 0.2) is 28.0 Å². The average Bonchev–Trinajstić information content (AvgIpc) is 2.17. The van der Waals surface area contributed by atoms with E-state index in [1.807, 2.05) is 24.5 Å². The van der Waals surface area contributed by atoms with Crippen LogP contribution in [0.25, 0.3) is 0 Å². The summed E-state index contributed by atoms with van der Waals surface area (Å²) in [4.78, 5) is 13.0. The Balaban J connectivity index is 3.11. The fraction of sp³-hybridized carbons (Fsp3) is 0.300. The van der Waals surface area contributed by atoms with Gasteiger partial charge in [-0.05, 0) is 36.9 Å². The number of carbonyl (C=O) groups excluding carboxylic acids is 1. The lowest BCUT2D eigenvalue weighted by atomic mass is 10.1. The summed E-state index contributed by atoms with van der Waals surface area (Å²) < 4.78 is 0. The predicted molar refractivity (Wildman–Crippen MR) is 64.8 cm³/mol. The number of rotatable bonds is 3. The Kier molecular flexibility index (Phi) is 4.35. The first-order valence-corrected chi connectivity index (χ1v) is 6.18. The van der Waals surface area contributed by atoms with E-state index < -0.39 is 5.38 Å². The van der Waals surface area contributed by atoms with Gasteiger partial charge in [0.15, 0.2) is 5.78 Å². The van der Waals surface area contributed by atoms with Crippen molar-refractivity contribution >= 4 is 41.8 Å². The lowest BCUT2D eigenvalue weighted by Gasteiger charge is -2.10. The summed E-state index contributed by atoms with van der Waals surface area (Å²) in [6.45, 7) is 1.48. The minimum atomic E-state index is -0.588. The second-order valence-electron chi connectivity index (χ2n) is 2.90. The number of thiol groups is 1. The van der Waals surface area contributed by atoms with Gasteiger partial charge >= 0.3 is 0 Å². The molecule has 4 heteroatoms. The van der Waals surface area contributed by atoms with Gasteiger partial charge in [-0.1, -0.05) is 0 Å². The fourth-order valence-corrected chi connectivity index (χ4v) is 2.06. The van der Waals surface area contributed by atoms with Crippen LogP contribution in [0.4, 0.5) is 0 Å². The average molecular weight is 247 g/mol. The molecule has 0 aliphatic carbocycles. The van der Waals surface area contributed by atoms with Crippen LogP contribution >= 0.6 is 36.0 Å². The van der Waals surface area contributed by atoms with Crippen molar-refractivity contribution in [2.75, 3.05) is 6.26 Å². The van der Waals surface area contributed by atoms with Gasteiger partial charge in [-0.15, -0.1) is 36.0 Å². The van der Waals surface area contributed by atoms with Gasteiger partial charge < -0.3 is 0 Å². The second kappa shape index (κ2) is 5.10. The van der Waals surface area contributed by atoms with E-state index in [4.69, 9.17) is 11.6 Å². The highest BCUT2D eigenvalue weighted by atomic mass is 35.5. The number of halogens is 1. The van der Waals surface area contributed by atoms with Gasteiger partial charge in [-0.25, -0.2) is 0 Å². The molecule has 1 nitrogen and oxygen atoms in total. The maximum Gasteiger partial charge on any atom is 0.152 e. The van der Waals surface area contributed by atoms with Crippen LogP contribution in [-0.2, 0) is 4.79 Å². The van der Waals surface area contributed by atoms with Gasteiger partial charge in [0.25, 0.3) is 0 Å². The van der Waals surface area contributed by atoms with E-state index >= 15 is 0 Å². The first-order valence-electron chi connectivity index (χ1n) is 4.07. The van der Waals surface area contributed by atoms with Crippen molar-refractivity contribution in [1.29, 1.82) is 0 Å². The van der Waals surface area contributed by atoms with Gasteiger partial charge in [0.1, 0.15) is 5.38 Å². The van der Waals surface area contributed by atoms with E-state index in [-0.39, 0.29) is 5.78 Å². The van der Waals surface area contributed by atoms with Gasteiger partial charge in [-0.2, -0.15) is 0 Å². The number of carbonyl (C=O) groups is 1. The zero-order chi connectivity index (χ0) is 10.7. The molecule has 0 aliphatic rings. The smallest absolute Gasteiger partial charge is 0.152 e. The first kappa shape index (κ1) is 12.0. The molecule has 14 heavy (non-hydrogen) atoms. The molecular formula is C10H11ClOS2. The lowest BCUT2D eigenvalue weighted by Crippen LogP contribution is -2.02. The van der Waals surface area contributed by atoms with Crippen molar-refractivity contribution in [3.63, 3.8) is 0 Å². The molecule has 1 atom stereocenters. The maximum atomic E-state index is 11.1. The molecule has 0 heterocycles. The van der Waals surface area contributed by atoms with Crippen LogP contribution in [0.3, 0.4) is 0 Å². The summed E-state index contributed by atoms with van der Waals surface area (Å²) in [5.41, 5.74) is 0.786. The lowest BCUT2D eigenvalue weighted by molar-refractivity contribution is -0.116. The highest BCUT2D eigenvalue weighted by molar-refractivity contribution is 7.98. The number of ketones is 1. The SMILES string of the molecule is CSc1ccc(S)c(C(Cl)C(C)=O)c1. The van der Waals surface area contributed by atoms with Crippen molar-refractivity contribution in [1.82, 2.24) is 0 Å². The summed E-state index contributed by atoms with van der Waals surface area (Å²) in [6, 6.07) is 5.73. The fourth-order valence-electron chi connectivity index (χ4n) is 1.08. The van der Waals surface area contributed by atoms with Gasteiger partial charge in [0, 0.05) is 9.79 Å². The van der Waals surface area contributed by atoms with Gasteiger partial charge in [-0.3, -0.25) is 4.79 Å². The Morgan fingerprint density at radius 1 is 1.57 bits per heavy atom. The van der Waals surface area contributed by atoms with Crippen LogP contribution in [-0.4, -0.2) is 12.0 Å². The number of alkyl halides is 1. The van der Waals surface area contributed by atoms with E-state index in [2.05, 4.69) is 12.6 Å². The number of hydrogen-bond acceptors (Lipinski definition) is 3. The number of Topliss-reactive ketones (excluding diaryl/α,β-unsaturated/α-hetero) is 1. The van der Waals surface area contributed by atoms with Crippen LogP contribution in [0.2, 0.25) is 0 Å². The third kappa shape index (κ3) is 2.69. The van der Waals surface area contributed by atoms with E-state index in [1.54, 1.807) is 11.8 Å². The molecule has 0 aromatic heterocycles. The molecule has 0 saturated carbocycles. The standard InChI is InChI=1S/C10H11ClOS2/c1-6(12)10(11)8-5-7(14-2)3-4-9(8)13/h3-5,10,13H,1-2H3. The molecule has 0 fully saturated rings. The van der Waals surface area contributed by atoms with Gasteiger partial charge in [0.05, 0.1) is 0 Å². The molecule has 1 rings (SSSR count). The Morgan fingerprint density at radius 3 is 2.71 bits per heavy atom. The van der Waals surface area contributed by atoms with Crippen molar-refractivity contribution in [3.05, 3.63) is 23.8 Å². The molecule has 0 spiro atoms. The Bertz CT molecular complexity index is 352. The monoisotopic (exact) mass is 246 g/mol. The van der Waals surface area contributed by atoms with Crippen LogP contribution in [0.5, 0.6) is 0 Å². The molecule has 0 amide bonds. The number of benzene rings is 1. The molecule has 1 aromatic rings. The normalized spacial score (nSPS) is 12.6. The van der Waals surface area contributed by atoms with E-state index in [1.165, 1.54) is 6.92 Å². The molecule has 0 saturated heterocycles. The maximum absolute atomic E-state index is 11.1. The van der Waals surface area contributed by atoms with Crippen molar-refractivity contribution < 1.29 is 4.79 Å². The van der Waals surface area contributed by atoms with Gasteiger partial charge in [0.2, 0.25) is 0 Å². The van der Waals surface area contributed by atoms with E-state index in [9.17, 15) is 4.79 Å². The number of thioether (sulfide) groups is 1. The summed E-state index contributed by atoms with van der Waals surface area (Å²) in [7, 11) is 0. The quantitative estimate of drug-likeness (QED) is 0.499. The summed E-state index contributed by atoms with van der Waals surface area (Å²) >= 11 is 11.9. The molecule has 0 aliphatic heterocycles. The molecule has 1 aromatic carbocycles. The molecule has 1 unspecified atom stereocenters. The number of hydrogen-bond donors (Lipinski definition) is 1. The Morgan fingerprint density at radius 2 is 2.21 bits per heavy atom. The Hall–Kier alpha value is -0.120. The highest BCUT2D eigenvalue weighted by Gasteiger charge is 2.16. The minimum absolute atomic E-state index is 0.0554. The first-order chi connectivity index (χ1) is 6.56. The van der Waals surface area contributed by atoms with Crippen molar-refractivity contribution in [2.45, 2.75) is 22.1 Å². The molecule has 76 valence electrons. The Labute approximate surface area is 98.6 Å². The predicted octanol–water partition coefficient (Wildman–Crippen LogP) is 3.57. The summed E-state index contributed by atoms with van der Waals surface area (Å²) in [6.07, 6.45) is 1.98. The van der Waals surface area contributed by atoms with Crippen LogP contribution < -0.4 is 0 Å². The summed E-state index contributed by atoms with van der Waals surface area (Å²) in [5.74, 6) is -0.0554. The van der Waals surface area contributed by atoms with E-state index in [0.717, 1.165) is 15.4 Å². The largest absolute Gasteiger partial charge is 0.298 e. The third-order valence-electron chi connectivity index (χ3n) is 1.86. The molecular weight excluding hydrogens is 236 g/mol. The zero-order valence-electron chi connectivity index (χ0n) is 7.95. The molecule has 0 radical (unpaired) electrons. The van der Waals surface area contributed by atoms with Crippen molar-refractivity contribution in [2.24, 2.45) is 0 Å². The topological polar surface area (TPSA) is 17.1 Å². The third-order valence-corrected chi connectivity index (χ3v) is 3.54. The summed E-state index contributed by atoms with van der Waals surface area (Å²) in [5, 5.41) is -0.588. The van der Waals surface area contributed by atoms with E-state index in [0.29, 0.717) is 0 Å². The molecule has 0 bridgehead atoms. The van der Waals surface area contributed by atoms with Crippen LogP contribution in [0.1, 0.15) is 17.9 Å². The van der Waals surface area contributed by atoms with Crippen molar-refractivity contribution in [3.8, 4) is 0 Å². The molecule has 0 N–H and O–H groups in total. The highest BCUT2D eigenvalue weighted by Crippen LogP contribution is 2.30.